The Morgan fingerprint density at radius 3 is 1.79 bits per heavy atom. The van der Waals surface area contributed by atoms with E-state index in [-0.39, 0.29) is 10.8 Å². The van der Waals surface area contributed by atoms with Crippen molar-refractivity contribution in [3.8, 4) is 5.69 Å². The topological polar surface area (TPSA) is 35.6 Å². The van der Waals surface area contributed by atoms with Gasteiger partial charge in [0.25, 0.3) is 0 Å². The van der Waals surface area contributed by atoms with Crippen LogP contribution >= 0.6 is 0 Å². The third kappa shape index (κ3) is 6.66. The zero-order valence-corrected chi connectivity index (χ0v) is 19.4. The summed E-state index contributed by atoms with van der Waals surface area (Å²) in [5.74, 6) is 0. The number of hydrogen-bond acceptors (Lipinski definition) is 2. The summed E-state index contributed by atoms with van der Waals surface area (Å²) in [6.07, 6.45) is 3.97. The van der Waals surface area contributed by atoms with E-state index < -0.39 is 0 Å². The first-order valence-corrected chi connectivity index (χ1v) is 10.1. The summed E-state index contributed by atoms with van der Waals surface area (Å²) < 4.78 is 3.83. The fraction of sp³-hybridized carbons (Fsp3) is 0.500. The van der Waals surface area contributed by atoms with Crippen LogP contribution in [-0.2, 0) is 17.9 Å². The van der Waals surface area contributed by atoms with Crippen LogP contribution in [0.15, 0.2) is 48.8 Å². The van der Waals surface area contributed by atoms with E-state index in [0.29, 0.717) is 0 Å². The molecule has 154 valence electrons. The van der Waals surface area contributed by atoms with Crippen molar-refractivity contribution in [1.82, 2.24) is 19.6 Å². The van der Waals surface area contributed by atoms with Gasteiger partial charge in [0, 0.05) is 24.4 Å². The summed E-state index contributed by atoms with van der Waals surface area (Å²) in [6.45, 7) is 19.2. The maximum absolute atomic E-state index is 4.67. The minimum Gasteiger partial charge on any atom is -0.276 e. The molecule has 1 aromatic carbocycles. The molecule has 0 bridgehead atoms. The van der Waals surface area contributed by atoms with Crippen molar-refractivity contribution in [1.29, 1.82) is 0 Å². The second-order valence-corrected chi connectivity index (χ2v) is 8.82. The van der Waals surface area contributed by atoms with Gasteiger partial charge in [0.05, 0.1) is 17.6 Å². The molecule has 0 amide bonds. The van der Waals surface area contributed by atoms with Crippen LogP contribution in [0.2, 0.25) is 0 Å². The standard InChI is InChI=1S/C14H18N2.C8H14N2.C2H6/c1-11-10-13(14(2,3)4)15-16(11)12-8-6-5-7-9-12;1-8(2,3)7-5-9-10(4)6-7;1-2/h5-10H,1-4H3;5-6H,1-4H3;1-2H3. The number of benzene rings is 1. The molecule has 0 atom stereocenters. The number of aryl methyl sites for hydroxylation is 2. The fourth-order valence-electron chi connectivity index (χ4n) is 2.48. The van der Waals surface area contributed by atoms with Gasteiger partial charge in [0.2, 0.25) is 0 Å². The quantitative estimate of drug-likeness (QED) is 0.500. The molecule has 0 radical (unpaired) electrons. The minimum atomic E-state index is 0.102. The molecule has 3 rings (SSSR count). The molecule has 4 heteroatoms. The molecule has 0 aliphatic rings. The molecule has 0 spiro atoms. The number of para-hydroxylation sites is 1. The number of rotatable bonds is 1. The molecule has 2 aromatic heterocycles. The van der Waals surface area contributed by atoms with Crippen molar-refractivity contribution >= 4 is 0 Å². The molecule has 0 unspecified atom stereocenters. The van der Waals surface area contributed by atoms with Gasteiger partial charge in [-0.25, -0.2) is 4.68 Å². The van der Waals surface area contributed by atoms with Gasteiger partial charge in [-0.05, 0) is 36.1 Å². The van der Waals surface area contributed by atoms with Gasteiger partial charge < -0.3 is 0 Å². The van der Waals surface area contributed by atoms with Crippen LogP contribution in [0.5, 0.6) is 0 Å². The number of aromatic nitrogens is 4. The van der Waals surface area contributed by atoms with Gasteiger partial charge in [0.1, 0.15) is 0 Å². The Bertz CT molecular complexity index is 828. The summed E-state index contributed by atoms with van der Waals surface area (Å²) in [4.78, 5) is 0. The zero-order valence-electron chi connectivity index (χ0n) is 19.4. The van der Waals surface area contributed by atoms with E-state index >= 15 is 0 Å². The van der Waals surface area contributed by atoms with Crippen molar-refractivity contribution < 1.29 is 0 Å². The SMILES string of the molecule is CC.Cc1cc(C(C)(C)C)nn1-c1ccccc1.Cn1cc(C(C)(C)C)cn1. The zero-order chi connectivity index (χ0) is 21.5. The lowest BCUT2D eigenvalue weighted by atomic mass is 9.90. The van der Waals surface area contributed by atoms with Gasteiger partial charge in [0.15, 0.2) is 0 Å². The Hall–Kier alpha value is -2.36. The summed E-state index contributed by atoms with van der Waals surface area (Å²) >= 11 is 0. The van der Waals surface area contributed by atoms with E-state index in [1.165, 1.54) is 11.3 Å². The van der Waals surface area contributed by atoms with Crippen LogP contribution in [0.25, 0.3) is 5.69 Å². The third-order valence-electron chi connectivity index (χ3n) is 4.23. The van der Waals surface area contributed by atoms with Gasteiger partial charge >= 0.3 is 0 Å². The van der Waals surface area contributed by atoms with Crippen LogP contribution in [0.4, 0.5) is 0 Å². The third-order valence-corrected chi connectivity index (χ3v) is 4.23. The van der Waals surface area contributed by atoms with Crippen molar-refractivity contribution in [3.63, 3.8) is 0 Å². The summed E-state index contributed by atoms with van der Waals surface area (Å²) in [5.41, 5.74) is 5.05. The van der Waals surface area contributed by atoms with E-state index in [4.69, 9.17) is 0 Å². The van der Waals surface area contributed by atoms with Crippen LogP contribution in [0, 0.1) is 6.92 Å². The van der Waals surface area contributed by atoms with E-state index in [1.807, 2.05) is 54.7 Å². The molecule has 0 N–H and O–H groups in total. The Balaban J connectivity index is 0.000000281. The Kier molecular flexibility index (Phi) is 8.22. The van der Waals surface area contributed by atoms with Gasteiger partial charge in [-0.1, -0.05) is 73.6 Å². The smallest absolute Gasteiger partial charge is 0.0685 e. The maximum Gasteiger partial charge on any atom is 0.0685 e. The highest BCUT2D eigenvalue weighted by atomic mass is 15.3. The highest BCUT2D eigenvalue weighted by Crippen LogP contribution is 2.23. The lowest BCUT2D eigenvalue weighted by molar-refractivity contribution is 0.560. The second-order valence-electron chi connectivity index (χ2n) is 8.82. The molecule has 0 fully saturated rings. The Labute approximate surface area is 171 Å². The molecule has 2 heterocycles. The molecule has 28 heavy (non-hydrogen) atoms. The predicted octanol–water partition coefficient (Wildman–Crippen LogP) is 6.22. The average Bonchev–Trinajstić information content (AvgIpc) is 3.23. The first-order valence-electron chi connectivity index (χ1n) is 10.1. The largest absolute Gasteiger partial charge is 0.276 e. The van der Waals surface area contributed by atoms with Crippen LogP contribution < -0.4 is 0 Å². The minimum absolute atomic E-state index is 0.102. The van der Waals surface area contributed by atoms with Crippen LogP contribution in [-0.4, -0.2) is 19.6 Å². The molecule has 0 aliphatic heterocycles. The highest BCUT2D eigenvalue weighted by molar-refractivity contribution is 5.33. The van der Waals surface area contributed by atoms with Crippen molar-refractivity contribution in [3.05, 3.63) is 65.7 Å². The van der Waals surface area contributed by atoms with Gasteiger partial charge in [-0.2, -0.15) is 10.2 Å². The summed E-state index contributed by atoms with van der Waals surface area (Å²) in [7, 11) is 1.94. The molecule has 4 nitrogen and oxygen atoms in total. The molecular weight excluding hydrogens is 344 g/mol. The van der Waals surface area contributed by atoms with E-state index in [9.17, 15) is 0 Å². The van der Waals surface area contributed by atoms with E-state index in [0.717, 1.165) is 11.4 Å². The summed E-state index contributed by atoms with van der Waals surface area (Å²) in [6, 6.07) is 12.4. The Morgan fingerprint density at radius 1 is 0.857 bits per heavy atom. The second kappa shape index (κ2) is 9.72. The molecule has 0 saturated carbocycles. The Morgan fingerprint density at radius 2 is 1.43 bits per heavy atom. The fourth-order valence-corrected chi connectivity index (χ4v) is 2.48. The summed E-state index contributed by atoms with van der Waals surface area (Å²) in [5, 5.41) is 8.77. The molecule has 0 aliphatic carbocycles. The number of hydrogen-bond donors (Lipinski definition) is 0. The van der Waals surface area contributed by atoms with Crippen molar-refractivity contribution in [2.75, 3.05) is 0 Å². The van der Waals surface area contributed by atoms with Gasteiger partial charge in [-0.15, -0.1) is 0 Å². The molecule has 3 aromatic rings. The lowest BCUT2D eigenvalue weighted by Gasteiger charge is -2.14. The van der Waals surface area contributed by atoms with Crippen molar-refractivity contribution in [2.45, 2.75) is 73.1 Å². The first kappa shape index (κ1) is 23.7. The number of nitrogens with zero attached hydrogens (tertiary/aromatic N) is 4. The molecular formula is C24H38N4. The molecule has 0 saturated heterocycles. The van der Waals surface area contributed by atoms with E-state index in [2.05, 4.69) is 83.1 Å². The lowest BCUT2D eigenvalue weighted by Crippen LogP contribution is -2.12. The first-order chi connectivity index (χ1) is 13.0. The monoisotopic (exact) mass is 382 g/mol. The van der Waals surface area contributed by atoms with Gasteiger partial charge in [-0.3, -0.25) is 4.68 Å². The average molecular weight is 383 g/mol. The highest BCUT2D eigenvalue weighted by Gasteiger charge is 2.18. The predicted molar refractivity (Wildman–Crippen MR) is 120 cm³/mol. The van der Waals surface area contributed by atoms with E-state index in [1.54, 1.807) is 0 Å². The van der Waals surface area contributed by atoms with Crippen LogP contribution in [0.3, 0.4) is 0 Å². The van der Waals surface area contributed by atoms with Crippen LogP contribution in [0.1, 0.15) is 72.3 Å². The normalized spacial score (nSPS) is 11.2. The maximum atomic E-state index is 4.67. The van der Waals surface area contributed by atoms with Crippen molar-refractivity contribution in [2.24, 2.45) is 7.05 Å².